The maximum absolute atomic E-state index is 13.5. The van der Waals surface area contributed by atoms with Crippen LogP contribution >= 0.6 is 11.3 Å². The molecule has 0 aliphatic heterocycles. The van der Waals surface area contributed by atoms with Gasteiger partial charge >= 0.3 is 0 Å². The van der Waals surface area contributed by atoms with Gasteiger partial charge in [-0.3, -0.25) is 9.59 Å². The highest BCUT2D eigenvalue weighted by molar-refractivity contribution is 7.16. The second-order valence-electron chi connectivity index (χ2n) is 7.86. The number of carbonyl (C=O) groups is 1. The number of thiophene rings is 1. The number of ether oxygens (including phenoxy) is 2. The first-order valence-electron chi connectivity index (χ1n) is 10.3. The number of hydrogen-bond donors (Lipinski definition) is 3. The molecule has 2 aromatic heterocycles. The molecular formula is C22H24FN3O5S. The van der Waals surface area contributed by atoms with Gasteiger partial charge in [0.15, 0.2) is 11.6 Å². The summed E-state index contributed by atoms with van der Waals surface area (Å²) in [6, 6.07) is 4.29. The summed E-state index contributed by atoms with van der Waals surface area (Å²) in [4.78, 5) is 32.4. The van der Waals surface area contributed by atoms with Gasteiger partial charge in [-0.25, -0.2) is 9.37 Å². The highest BCUT2D eigenvalue weighted by Crippen LogP contribution is 2.27. The Morgan fingerprint density at radius 2 is 2.25 bits per heavy atom. The molecule has 8 nitrogen and oxygen atoms in total. The Bertz CT molecular complexity index is 1180. The zero-order valence-corrected chi connectivity index (χ0v) is 18.3. The number of nitrogens with zero attached hydrogens (tertiary/aromatic N) is 1. The summed E-state index contributed by atoms with van der Waals surface area (Å²) in [5, 5.41) is 14.5. The molecule has 1 aromatic carbocycles. The zero-order chi connectivity index (χ0) is 22.7. The van der Waals surface area contributed by atoms with Crippen LogP contribution in [0.1, 0.15) is 41.0 Å². The SMILES string of the molecule is COc1cc(CNC(=O)c2nc3scc(COCC4CCC(O)C4)c3c(=O)[nH]2)ccc1F. The molecule has 3 aromatic rings. The van der Waals surface area contributed by atoms with Crippen LogP contribution in [0.25, 0.3) is 10.2 Å². The number of aliphatic hydroxyl groups excluding tert-OH is 1. The average molecular weight is 462 g/mol. The lowest BCUT2D eigenvalue weighted by atomic mass is 10.1. The summed E-state index contributed by atoms with van der Waals surface area (Å²) in [5.74, 6) is -0.703. The first kappa shape index (κ1) is 22.4. The topological polar surface area (TPSA) is 114 Å². The predicted molar refractivity (Wildman–Crippen MR) is 117 cm³/mol. The molecule has 0 spiro atoms. The predicted octanol–water partition coefficient (Wildman–Crippen LogP) is 2.74. The molecule has 1 fully saturated rings. The first-order chi connectivity index (χ1) is 15.4. The molecule has 2 atom stereocenters. The van der Waals surface area contributed by atoms with Crippen LogP contribution in [0, 0.1) is 11.7 Å². The van der Waals surface area contributed by atoms with Crippen molar-refractivity contribution in [2.45, 2.75) is 38.5 Å². The number of methoxy groups -OCH3 is 1. The van der Waals surface area contributed by atoms with Crippen LogP contribution in [-0.2, 0) is 17.9 Å². The Kier molecular flexibility index (Phi) is 6.83. The molecule has 0 saturated heterocycles. The number of nitrogens with one attached hydrogen (secondary N) is 2. The Labute approximate surface area is 187 Å². The lowest BCUT2D eigenvalue weighted by molar-refractivity contribution is 0.0829. The van der Waals surface area contributed by atoms with E-state index in [0.29, 0.717) is 28.3 Å². The summed E-state index contributed by atoms with van der Waals surface area (Å²) < 4.78 is 24.2. The van der Waals surface area contributed by atoms with E-state index in [2.05, 4.69) is 15.3 Å². The van der Waals surface area contributed by atoms with Crippen molar-refractivity contribution in [2.24, 2.45) is 5.92 Å². The number of aliphatic hydroxyl groups is 1. The summed E-state index contributed by atoms with van der Waals surface area (Å²) in [6.45, 7) is 0.931. The summed E-state index contributed by atoms with van der Waals surface area (Å²) in [5.41, 5.74) is 0.966. The van der Waals surface area contributed by atoms with Gasteiger partial charge in [-0.1, -0.05) is 6.07 Å². The fraction of sp³-hybridized carbons (Fsp3) is 0.409. The van der Waals surface area contributed by atoms with Crippen LogP contribution in [0.2, 0.25) is 0 Å². The van der Waals surface area contributed by atoms with Crippen molar-refractivity contribution in [3.8, 4) is 5.75 Å². The number of hydrogen-bond acceptors (Lipinski definition) is 7. The number of amides is 1. The summed E-state index contributed by atoms with van der Waals surface area (Å²) in [6.07, 6.45) is 2.25. The number of aromatic amines is 1. The fourth-order valence-corrected chi connectivity index (χ4v) is 4.76. The second-order valence-corrected chi connectivity index (χ2v) is 8.71. The maximum atomic E-state index is 13.5. The zero-order valence-electron chi connectivity index (χ0n) is 17.5. The van der Waals surface area contributed by atoms with Gasteiger partial charge in [0, 0.05) is 18.7 Å². The van der Waals surface area contributed by atoms with E-state index in [4.69, 9.17) is 9.47 Å². The third-order valence-electron chi connectivity index (χ3n) is 5.53. The molecule has 2 heterocycles. The van der Waals surface area contributed by atoms with E-state index in [1.54, 1.807) is 0 Å². The minimum atomic E-state index is -0.543. The van der Waals surface area contributed by atoms with Crippen molar-refractivity contribution in [1.82, 2.24) is 15.3 Å². The van der Waals surface area contributed by atoms with Crippen molar-refractivity contribution in [3.63, 3.8) is 0 Å². The van der Waals surface area contributed by atoms with Crippen LogP contribution in [-0.4, -0.2) is 40.8 Å². The molecule has 1 amide bonds. The van der Waals surface area contributed by atoms with E-state index in [-0.39, 0.29) is 30.8 Å². The molecule has 10 heteroatoms. The van der Waals surface area contributed by atoms with E-state index >= 15 is 0 Å². The van der Waals surface area contributed by atoms with Gasteiger partial charge in [0.1, 0.15) is 4.83 Å². The van der Waals surface area contributed by atoms with Crippen molar-refractivity contribution in [2.75, 3.05) is 13.7 Å². The van der Waals surface area contributed by atoms with Crippen molar-refractivity contribution in [3.05, 3.63) is 56.7 Å². The van der Waals surface area contributed by atoms with E-state index in [0.717, 1.165) is 24.8 Å². The van der Waals surface area contributed by atoms with Crippen LogP contribution in [0.3, 0.4) is 0 Å². The number of aromatic nitrogens is 2. The normalized spacial score (nSPS) is 18.2. The molecule has 2 unspecified atom stereocenters. The van der Waals surface area contributed by atoms with Gasteiger partial charge in [-0.2, -0.15) is 0 Å². The number of rotatable bonds is 8. The van der Waals surface area contributed by atoms with Crippen LogP contribution in [0.4, 0.5) is 4.39 Å². The molecule has 1 aliphatic carbocycles. The average Bonchev–Trinajstić information content (AvgIpc) is 3.39. The Morgan fingerprint density at radius 3 is 3.00 bits per heavy atom. The number of halogens is 1. The molecule has 0 bridgehead atoms. The van der Waals surface area contributed by atoms with Gasteiger partial charge in [0.05, 0.1) is 25.2 Å². The van der Waals surface area contributed by atoms with Crippen LogP contribution in [0.15, 0.2) is 28.4 Å². The Morgan fingerprint density at radius 1 is 1.41 bits per heavy atom. The van der Waals surface area contributed by atoms with Gasteiger partial charge in [0.2, 0.25) is 5.82 Å². The third kappa shape index (κ3) is 4.98. The largest absolute Gasteiger partial charge is 0.494 e. The van der Waals surface area contributed by atoms with Gasteiger partial charge in [0.25, 0.3) is 11.5 Å². The highest BCUT2D eigenvalue weighted by atomic mass is 32.1. The van der Waals surface area contributed by atoms with Gasteiger partial charge in [-0.05, 0) is 48.3 Å². The minimum absolute atomic E-state index is 0.0853. The molecule has 0 radical (unpaired) electrons. The molecule has 4 rings (SSSR count). The van der Waals surface area contributed by atoms with E-state index in [1.165, 1.54) is 36.6 Å². The van der Waals surface area contributed by atoms with Crippen LogP contribution < -0.4 is 15.6 Å². The number of fused-ring (bicyclic) bond motifs is 1. The number of benzene rings is 1. The van der Waals surface area contributed by atoms with Gasteiger partial charge < -0.3 is 24.9 Å². The monoisotopic (exact) mass is 461 g/mol. The molecule has 1 saturated carbocycles. The smallest absolute Gasteiger partial charge is 0.287 e. The molecular weight excluding hydrogens is 437 g/mol. The standard InChI is InChI=1S/C22H24FN3O5S/c1-30-17-7-12(3-5-16(17)23)8-24-21(29)19-25-20(28)18-14(11-32-22(18)26-19)10-31-9-13-2-4-15(27)6-13/h3,5,7,11,13,15,27H,2,4,6,8-10H2,1H3,(H,24,29)(H,25,26,28). The number of carbonyl (C=O) groups excluding carboxylic acids is 1. The minimum Gasteiger partial charge on any atom is -0.494 e. The molecule has 3 N–H and O–H groups in total. The highest BCUT2D eigenvalue weighted by Gasteiger charge is 2.23. The van der Waals surface area contributed by atoms with Crippen molar-refractivity contribution in [1.29, 1.82) is 0 Å². The fourth-order valence-electron chi connectivity index (χ4n) is 3.84. The second kappa shape index (κ2) is 9.76. The Balaban J connectivity index is 1.40. The van der Waals surface area contributed by atoms with E-state index < -0.39 is 17.3 Å². The third-order valence-corrected chi connectivity index (χ3v) is 6.45. The van der Waals surface area contributed by atoms with Crippen molar-refractivity contribution >= 4 is 27.5 Å². The number of H-pyrrole nitrogens is 1. The lowest BCUT2D eigenvalue weighted by Gasteiger charge is -2.09. The molecule has 170 valence electrons. The molecule has 1 aliphatic rings. The first-order valence-corrected chi connectivity index (χ1v) is 11.2. The van der Waals surface area contributed by atoms with E-state index in [9.17, 15) is 19.1 Å². The van der Waals surface area contributed by atoms with Gasteiger partial charge in [-0.15, -0.1) is 11.3 Å². The molecule has 32 heavy (non-hydrogen) atoms. The van der Waals surface area contributed by atoms with Crippen molar-refractivity contribution < 1.29 is 23.8 Å². The van der Waals surface area contributed by atoms with Crippen LogP contribution in [0.5, 0.6) is 5.75 Å². The maximum Gasteiger partial charge on any atom is 0.287 e. The quantitative estimate of drug-likeness (QED) is 0.475. The Hall–Kier alpha value is -2.82. The summed E-state index contributed by atoms with van der Waals surface area (Å²) in [7, 11) is 1.37. The van der Waals surface area contributed by atoms with E-state index in [1.807, 2.05) is 5.38 Å². The lowest BCUT2D eigenvalue weighted by Crippen LogP contribution is -2.27. The summed E-state index contributed by atoms with van der Waals surface area (Å²) >= 11 is 1.27.